The molecular weight excluding hydrogens is 444 g/mol. The Hall–Kier alpha value is -4.89. The van der Waals surface area contributed by atoms with Gasteiger partial charge in [0, 0.05) is 33.4 Å². The fourth-order valence-electron chi connectivity index (χ4n) is 4.33. The number of carbonyl (C=O) groups is 3. The Morgan fingerprint density at radius 2 is 0.750 bits per heavy atom. The summed E-state index contributed by atoms with van der Waals surface area (Å²) in [4.78, 5) is 41.8. The zero-order chi connectivity index (χ0) is 24.9. The van der Waals surface area contributed by atoms with Crippen LogP contribution in [-0.2, 0) is 0 Å². The van der Waals surface area contributed by atoms with Crippen molar-refractivity contribution < 1.29 is 14.4 Å². The highest BCUT2D eigenvalue weighted by Crippen LogP contribution is 2.33. The van der Waals surface area contributed by atoms with Crippen LogP contribution in [0.3, 0.4) is 0 Å². The molecule has 0 aliphatic rings. The Labute approximate surface area is 209 Å². The second kappa shape index (κ2) is 10.2. The molecule has 0 bridgehead atoms. The molecule has 0 spiro atoms. The Kier molecular flexibility index (Phi) is 6.46. The van der Waals surface area contributed by atoms with Gasteiger partial charge in [-0.2, -0.15) is 0 Å². The lowest BCUT2D eigenvalue weighted by atomic mass is 9.82. The smallest absolute Gasteiger partial charge is 0.194 e. The van der Waals surface area contributed by atoms with E-state index in [1.807, 2.05) is 48.5 Å². The lowest BCUT2D eigenvalue weighted by Gasteiger charge is -2.18. The largest absolute Gasteiger partial charge is 0.289 e. The average molecular weight is 467 g/mol. The molecule has 172 valence electrons. The van der Waals surface area contributed by atoms with Crippen molar-refractivity contribution >= 4 is 17.3 Å². The molecule has 0 heterocycles. The van der Waals surface area contributed by atoms with Crippen molar-refractivity contribution in [3.05, 3.63) is 167 Å². The minimum atomic E-state index is -0.369. The molecular formula is C33H22O3. The summed E-state index contributed by atoms with van der Waals surface area (Å²) in [6, 6.07) is 39.3. The zero-order valence-electron chi connectivity index (χ0n) is 19.4. The molecule has 3 heteroatoms. The van der Waals surface area contributed by atoms with Gasteiger partial charge in [-0.1, -0.05) is 127 Å². The molecule has 0 aliphatic heterocycles. The summed E-state index contributed by atoms with van der Waals surface area (Å²) in [6.07, 6.45) is 0. The van der Waals surface area contributed by atoms with E-state index in [1.54, 1.807) is 84.9 Å². The summed E-state index contributed by atoms with van der Waals surface area (Å²) in [6.45, 7) is 0. The number of rotatable bonds is 7. The lowest BCUT2D eigenvalue weighted by Crippen LogP contribution is -2.18. The van der Waals surface area contributed by atoms with E-state index in [4.69, 9.17) is 0 Å². The summed E-state index contributed by atoms with van der Waals surface area (Å²) < 4.78 is 0. The fourth-order valence-corrected chi connectivity index (χ4v) is 4.33. The summed E-state index contributed by atoms with van der Waals surface area (Å²) in [7, 11) is 0. The molecule has 0 saturated heterocycles. The van der Waals surface area contributed by atoms with Gasteiger partial charge < -0.3 is 0 Å². The van der Waals surface area contributed by atoms with Gasteiger partial charge in [0.15, 0.2) is 17.3 Å². The number of benzene rings is 5. The second-order valence-electron chi connectivity index (χ2n) is 8.36. The highest BCUT2D eigenvalue weighted by molar-refractivity contribution is 6.27. The van der Waals surface area contributed by atoms with Gasteiger partial charge in [-0.15, -0.1) is 0 Å². The quantitative estimate of drug-likeness (QED) is 0.242. The monoisotopic (exact) mass is 466 g/mol. The van der Waals surface area contributed by atoms with Crippen LogP contribution in [-0.4, -0.2) is 17.3 Å². The predicted molar refractivity (Wildman–Crippen MR) is 142 cm³/mol. The summed E-state index contributed by atoms with van der Waals surface area (Å²) in [5.41, 5.74) is 3.24. The molecule has 0 unspecified atom stereocenters. The van der Waals surface area contributed by atoms with E-state index >= 15 is 0 Å². The van der Waals surface area contributed by atoms with Crippen LogP contribution in [0.1, 0.15) is 47.8 Å². The Morgan fingerprint density at radius 1 is 0.361 bits per heavy atom. The minimum absolute atomic E-state index is 0.116. The molecule has 5 rings (SSSR count). The lowest BCUT2D eigenvalue weighted by molar-refractivity contribution is 0.0991. The minimum Gasteiger partial charge on any atom is -0.289 e. The van der Waals surface area contributed by atoms with Crippen LogP contribution < -0.4 is 0 Å². The SMILES string of the molecule is O=C(c1ccccc1)c1ccc(-c2ccccc2)c(C(=O)c2ccccc2)c1C(=O)c1ccccc1. The first kappa shape index (κ1) is 22.9. The van der Waals surface area contributed by atoms with E-state index in [2.05, 4.69) is 0 Å². The first-order valence-corrected chi connectivity index (χ1v) is 11.7. The first-order chi connectivity index (χ1) is 17.6. The van der Waals surface area contributed by atoms with E-state index in [-0.39, 0.29) is 34.0 Å². The van der Waals surface area contributed by atoms with Crippen molar-refractivity contribution in [2.24, 2.45) is 0 Å². The summed E-state index contributed by atoms with van der Waals surface area (Å²) in [5, 5.41) is 0. The predicted octanol–water partition coefficient (Wildman–Crippen LogP) is 7.05. The van der Waals surface area contributed by atoms with Crippen LogP contribution >= 0.6 is 0 Å². The van der Waals surface area contributed by atoms with Crippen molar-refractivity contribution in [3.8, 4) is 11.1 Å². The number of hydrogen-bond acceptors (Lipinski definition) is 3. The first-order valence-electron chi connectivity index (χ1n) is 11.7. The zero-order valence-corrected chi connectivity index (χ0v) is 19.4. The van der Waals surface area contributed by atoms with Crippen LogP contribution in [0.25, 0.3) is 11.1 Å². The van der Waals surface area contributed by atoms with Gasteiger partial charge >= 0.3 is 0 Å². The van der Waals surface area contributed by atoms with Gasteiger partial charge in [0.1, 0.15) is 0 Å². The third-order valence-electron chi connectivity index (χ3n) is 6.10. The van der Waals surface area contributed by atoms with Crippen LogP contribution in [0.5, 0.6) is 0 Å². The maximum atomic E-state index is 14.0. The maximum absolute atomic E-state index is 14.0. The fraction of sp³-hybridized carbons (Fsp3) is 0. The highest BCUT2D eigenvalue weighted by atomic mass is 16.1. The van der Waals surface area contributed by atoms with Crippen LogP contribution in [0.2, 0.25) is 0 Å². The third-order valence-corrected chi connectivity index (χ3v) is 6.10. The maximum Gasteiger partial charge on any atom is 0.194 e. The van der Waals surface area contributed by atoms with E-state index in [9.17, 15) is 14.4 Å². The standard InChI is InChI=1S/C33H22O3/c34-31(24-15-7-2-8-16-24)28-22-21-27(23-13-5-1-6-14-23)29(32(35)25-17-9-3-10-18-25)30(28)33(36)26-19-11-4-12-20-26/h1-22H. The van der Waals surface area contributed by atoms with E-state index in [1.165, 1.54) is 0 Å². The molecule has 36 heavy (non-hydrogen) atoms. The molecule has 0 N–H and O–H groups in total. The summed E-state index contributed by atoms with van der Waals surface area (Å²) >= 11 is 0. The average Bonchev–Trinajstić information content (AvgIpc) is 2.97. The molecule has 0 radical (unpaired) electrons. The van der Waals surface area contributed by atoms with Crippen molar-refractivity contribution in [2.45, 2.75) is 0 Å². The Balaban J connectivity index is 1.84. The topological polar surface area (TPSA) is 51.2 Å². The van der Waals surface area contributed by atoms with Crippen molar-refractivity contribution in [1.82, 2.24) is 0 Å². The van der Waals surface area contributed by atoms with Crippen molar-refractivity contribution in [1.29, 1.82) is 0 Å². The highest BCUT2D eigenvalue weighted by Gasteiger charge is 2.29. The molecule has 0 amide bonds. The molecule has 0 saturated carbocycles. The van der Waals surface area contributed by atoms with Gasteiger partial charge in [0.25, 0.3) is 0 Å². The second-order valence-corrected chi connectivity index (χ2v) is 8.36. The number of ketones is 3. The number of carbonyl (C=O) groups excluding carboxylic acids is 3. The Bertz CT molecular complexity index is 1540. The van der Waals surface area contributed by atoms with Crippen molar-refractivity contribution in [3.63, 3.8) is 0 Å². The van der Waals surface area contributed by atoms with Gasteiger partial charge in [0.05, 0.1) is 0 Å². The van der Waals surface area contributed by atoms with Gasteiger partial charge in [-0.05, 0) is 17.2 Å². The molecule has 0 atom stereocenters. The molecule has 5 aromatic carbocycles. The van der Waals surface area contributed by atoms with Crippen LogP contribution in [0.4, 0.5) is 0 Å². The normalized spacial score (nSPS) is 10.6. The summed E-state index contributed by atoms with van der Waals surface area (Å²) in [5.74, 6) is -0.986. The van der Waals surface area contributed by atoms with Gasteiger partial charge in [-0.3, -0.25) is 14.4 Å². The van der Waals surface area contributed by atoms with E-state index < -0.39 is 0 Å². The van der Waals surface area contributed by atoms with Crippen molar-refractivity contribution in [2.75, 3.05) is 0 Å². The van der Waals surface area contributed by atoms with Gasteiger partial charge in [0.2, 0.25) is 0 Å². The van der Waals surface area contributed by atoms with E-state index in [0.29, 0.717) is 22.3 Å². The molecule has 0 aliphatic carbocycles. The molecule has 3 nitrogen and oxygen atoms in total. The molecule has 0 fully saturated rings. The molecule has 0 aromatic heterocycles. The molecule has 5 aromatic rings. The third kappa shape index (κ3) is 4.42. The van der Waals surface area contributed by atoms with Gasteiger partial charge in [-0.25, -0.2) is 0 Å². The Morgan fingerprint density at radius 3 is 1.22 bits per heavy atom. The van der Waals surface area contributed by atoms with Crippen LogP contribution in [0.15, 0.2) is 133 Å². The van der Waals surface area contributed by atoms with Crippen LogP contribution in [0, 0.1) is 0 Å². The number of hydrogen-bond donors (Lipinski definition) is 0. The van der Waals surface area contributed by atoms with E-state index in [0.717, 1.165) is 5.56 Å².